The van der Waals surface area contributed by atoms with Crippen molar-refractivity contribution < 1.29 is 9.53 Å². The molecule has 7 nitrogen and oxygen atoms in total. The van der Waals surface area contributed by atoms with Crippen molar-refractivity contribution in [3.63, 3.8) is 0 Å². The summed E-state index contributed by atoms with van der Waals surface area (Å²) in [4.78, 5) is 12.0. The predicted octanol–water partition coefficient (Wildman–Crippen LogP) is 0.426. The van der Waals surface area contributed by atoms with Crippen molar-refractivity contribution in [3.05, 3.63) is 17.0 Å². The third-order valence-electron chi connectivity index (χ3n) is 2.74. The van der Waals surface area contributed by atoms with Gasteiger partial charge in [-0.05, 0) is 32.0 Å². The number of hydrazine groups is 1. The molecule has 20 heavy (non-hydrogen) atoms. The fraction of sp³-hybridized carbons (Fsp3) is 0.583. The van der Waals surface area contributed by atoms with Crippen LogP contribution in [-0.4, -0.2) is 41.5 Å². The molecular weight excluding hydrogens is 278 g/mol. The Labute approximate surface area is 123 Å². The van der Waals surface area contributed by atoms with Crippen LogP contribution in [0.1, 0.15) is 35.1 Å². The van der Waals surface area contributed by atoms with E-state index < -0.39 is 0 Å². The van der Waals surface area contributed by atoms with Crippen LogP contribution in [-0.2, 0) is 11.2 Å². The minimum atomic E-state index is -0.313. The monoisotopic (exact) mass is 299 g/mol. The van der Waals surface area contributed by atoms with E-state index in [2.05, 4.69) is 26.4 Å². The molecule has 8 heteroatoms. The van der Waals surface area contributed by atoms with E-state index in [0.29, 0.717) is 24.0 Å². The number of hydrogen-bond acceptors (Lipinski definition) is 4. The molecule has 1 aromatic rings. The topological polar surface area (TPSA) is 91.1 Å². The van der Waals surface area contributed by atoms with E-state index in [1.165, 1.54) is 0 Å². The number of H-pyrrole nitrogens is 1. The lowest BCUT2D eigenvalue weighted by Gasteiger charge is -2.11. The maximum absolute atomic E-state index is 12.0. The molecule has 0 unspecified atom stereocenters. The third kappa shape index (κ3) is 4.78. The van der Waals surface area contributed by atoms with E-state index in [1.807, 2.05) is 13.8 Å². The van der Waals surface area contributed by atoms with Crippen LogP contribution >= 0.6 is 12.2 Å². The second kappa shape index (κ2) is 8.49. The van der Waals surface area contributed by atoms with E-state index in [4.69, 9.17) is 17.0 Å². The van der Waals surface area contributed by atoms with Crippen molar-refractivity contribution in [1.82, 2.24) is 26.4 Å². The molecule has 1 heterocycles. The zero-order valence-corrected chi connectivity index (χ0v) is 12.8. The number of rotatable bonds is 6. The number of thiocarbonyl (C=S) groups is 1. The van der Waals surface area contributed by atoms with Crippen LogP contribution in [0, 0.1) is 6.92 Å². The van der Waals surface area contributed by atoms with Crippen molar-refractivity contribution in [1.29, 1.82) is 0 Å². The molecule has 1 aromatic heterocycles. The Kier molecular flexibility index (Phi) is 6.96. The number of nitrogens with zero attached hydrogens (tertiary/aromatic N) is 1. The van der Waals surface area contributed by atoms with Crippen LogP contribution in [0.15, 0.2) is 0 Å². The highest BCUT2D eigenvalue weighted by atomic mass is 32.1. The Morgan fingerprint density at radius 1 is 1.45 bits per heavy atom. The highest BCUT2D eigenvalue weighted by Gasteiger charge is 2.16. The van der Waals surface area contributed by atoms with Gasteiger partial charge in [0.2, 0.25) is 0 Å². The molecule has 0 aliphatic heterocycles. The zero-order valence-electron chi connectivity index (χ0n) is 12.0. The van der Waals surface area contributed by atoms with Crippen LogP contribution in [0.3, 0.4) is 0 Å². The van der Waals surface area contributed by atoms with Gasteiger partial charge in [-0.25, -0.2) is 0 Å². The van der Waals surface area contributed by atoms with Crippen LogP contribution in [0.2, 0.25) is 0 Å². The number of carbonyl (C=O) groups is 1. The molecule has 0 bridgehead atoms. The minimum Gasteiger partial charge on any atom is -0.385 e. The second-order valence-corrected chi connectivity index (χ2v) is 4.62. The van der Waals surface area contributed by atoms with Gasteiger partial charge in [0.1, 0.15) is 0 Å². The quantitative estimate of drug-likeness (QED) is 0.346. The molecule has 0 saturated heterocycles. The largest absolute Gasteiger partial charge is 0.385 e. The molecular formula is C12H21N5O2S. The fourth-order valence-electron chi connectivity index (χ4n) is 1.71. The molecule has 0 saturated carbocycles. The second-order valence-electron chi connectivity index (χ2n) is 4.21. The van der Waals surface area contributed by atoms with Crippen molar-refractivity contribution >= 4 is 23.2 Å². The van der Waals surface area contributed by atoms with Gasteiger partial charge in [0.05, 0.1) is 0 Å². The molecule has 1 amide bonds. The standard InChI is InChI=1S/C12H21N5O2S/c1-4-9-8(2)14-15-10(9)11(18)16-17-12(20)13-6-5-7-19-3/h4-7H2,1-3H3,(H,14,15)(H,16,18)(H2,13,17,20). The Balaban J connectivity index is 2.37. The van der Waals surface area contributed by atoms with E-state index in [-0.39, 0.29) is 5.91 Å². The number of amides is 1. The SMILES string of the molecule is CCc1c(C(=O)NNC(=S)NCCCOC)n[nH]c1C. The summed E-state index contributed by atoms with van der Waals surface area (Å²) in [7, 11) is 1.65. The number of nitrogens with one attached hydrogen (secondary N) is 4. The Bertz CT molecular complexity index is 461. The summed E-state index contributed by atoms with van der Waals surface area (Å²) in [6, 6.07) is 0. The maximum Gasteiger partial charge on any atom is 0.290 e. The zero-order chi connectivity index (χ0) is 15.0. The summed E-state index contributed by atoms with van der Waals surface area (Å²) < 4.78 is 4.92. The van der Waals surface area contributed by atoms with Gasteiger partial charge in [0.25, 0.3) is 5.91 Å². The molecule has 0 spiro atoms. The van der Waals surface area contributed by atoms with Crippen molar-refractivity contribution in [3.8, 4) is 0 Å². The first-order chi connectivity index (χ1) is 9.60. The van der Waals surface area contributed by atoms with Gasteiger partial charge in [0.15, 0.2) is 10.8 Å². The van der Waals surface area contributed by atoms with Crippen LogP contribution in [0.5, 0.6) is 0 Å². The average molecular weight is 299 g/mol. The van der Waals surface area contributed by atoms with E-state index in [9.17, 15) is 4.79 Å². The normalized spacial score (nSPS) is 10.2. The highest BCUT2D eigenvalue weighted by Crippen LogP contribution is 2.10. The molecule has 112 valence electrons. The Hall–Kier alpha value is -1.67. The van der Waals surface area contributed by atoms with Gasteiger partial charge in [0, 0.05) is 31.5 Å². The number of aryl methyl sites for hydroxylation is 1. The maximum atomic E-state index is 12.0. The van der Waals surface area contributed by atoms with Crippen molar-refractivity contribution in [2.45, 2.75) is 26.7 Å². The summed E-state index contributed by atoms with van der Waals surface area (Å²) in [5, 5.41) is 10.1. The summed E-state index contributed by atoms with van der Waals surface area (Å²) in [5.41, 5.74) is 7.36. The summed E-state index contributed by atoms with van der Waals surface area (Å²) in [6.45, 7) is 5.20. The van der Waals surface area contributed by atoms with Gasteiger partial charge in [-0.2, -0.15) is 5.10 Å². The van der Waals surface area contributed by atoms with Gasteiger partial charge < -0.3 is 10.1 Å². The van der Waals surface area contributed by atoms with Crippen LogP contribution in [0.4, 0.5) is 0 Å². The number of ether oxygens (including phenoxy) is 1. The first-order valence-corrected chi connectivity index (χ1v) is 6.87. The summed E-state index contributed by atoms with van der Waals surface area (Å²) in [6.07, 6.45) is 1.58. The molecule has 0 aliphatic rings. The number of aromatic amines is 1. The summed E-state index contributed by atoms with van der Waals surface area (Å²) in [5.74, 6) is -0.313. The average Bonchev–Trinajstić information content (AvgIpc) is 2.82. The smallest absolute Gasteiger partial charge is 0.290 e. The minimum absolute atomic E-state index is 0.313. The lowest BCUT2D eigenvalue weighted by atomic mass is 10.1. The number of hydrogen-bond donors (Lipinski definition) is 4. The molecule has 0 aliphatic carbocycles. The van der Waals surface area contributed by atoms with Gasteiger partial charge in [-0.3, -0.25) is 20.7 Å². The number of aromatic nitrogens is 2. The molecule has 0 atom stereocenters. The number of carbonyl (C=O) groups excluding carboxylic acids is 1. The lowest BCUT2D eigenvalue weighted by Crippen LogP contribution is -2.47. The van der Waals surface area contributed by atoms with Crippen LogP contribution < -0.4 is 16.2 Å². The van der Waals surface area contributed by atoms with E-state index >= 15 is 0 Å². The molecule has 1 rings (SSSR count). The molecule has 4 N–H and O–H groups in total. The van der Waals surface area contributed by atoms with Gasteiger partial charge >= 0.3 is 0 Å². The van der Waals surface area contributed by atoms with Gasteiger partial charge in [-0.1, -0.05) is 6.92 Å². The molecule has 0 aromatic carbocycles. The fourth-order valence-corrected chi connectivity index (χ4v) is 1.86. The number of methoxy groups -OCH3 is 1. The van der Waals surface area contributed by atoms with E-state index in [0.717, 1.165) is 24.1 Å². The summed E-state index contributed by atoms with van der Waals surface area (Å²) >= 11 is 5.03. The highest BCUT2D eigenvalue weighted by molar-refractivity contribution is 7.80. The lowest BCUT2D eigenvalue weighted by molar-refractivity contribution is 0.0937. The first-order valence-electron chi connectivity index (χ1n) is 6.47. The Morgan fingerprint density at radius 3 is 2.85 bits per heavy atom. The predicted molar refractivity (Wildman–Crippen MR) is 80.4 cm³/mol. The van der Waals surface area contributed by atoms with Gasteiger partial charge in [-0.15, -0.1) is 0 Å². The van der Waals surface area contributed by atoms with Crippen LogP contribution in [0.25, 0.3) is 0 Å². The molecule has 0 radical (unpaired) electrons. The van der Waals surface area contributed by atoms with Crippen molar-refractivity contribution in [2.75, 3.05) is 20.3 Å². The third-order valence-corrected chi connectivity index (χ3v) is 2.99. The molecule has 0 fully saturated rings. The van der Waals surface area contributed by atoms with E-state index in [1.54, 1.807) is 7.11 Å². The van der Waals surface area contributed by atoms with Crippen molar-refractivity contribution in [2.24, 2.45) is 0 Å². The first kappa shape index (κ1) is 16.4. The Morgan fingerprint density at radius 2 is 2.20 bits per heavy atom.